The van der Waals surface area contributed by atoms with Crippen molar-refractivity contribution in [3.05, 3.63) is 34.5 Å². The second kappa shape index (κ2) is 8.57. The van der Waals surface area contributed by atoms with E-state index in [1.807, 2.05) is 0 Å². The molecule has 0 bridgehead atoms. The van der Waals surface area contributed by atoms with Crippen molar-refractivity contribution in [2.24, 2.45) is 0 Å². The van der Waals surface area contributed by atoms with Crippen molar-refractivity contribution in [1.82, 2.24) is 0 Å². The van der Waals surface area contributed by atoms with Crippen molar-refractivity contribution in [2.75, 3.05) is 7.11 Å². The van der Waals surface area contributed by atoms with E-state index in [9.17, 15) is 40.5 Å². The van der Waals surface area contributed by atoms with Crippen LogP contribution in [0.15, 0.2) is 33.5 Å². The Morgan fingerprint density at radius 1 is 0.882 bits per heavy atom. The van der Waals surface area contributed by atoms with E-state index in [1.54, 1.807) is 0 Å². The third kappa shape index (κ3) is 3.72. The Balaban J connectivity index is 1.96. The standard InChI is InChI=1S/C22H22O12/c1-7-14(26)17(29)18(30)22(32-7)34-21-16(28)13-12(6-11(25)20(31-2)15(13)27)33-19(21)8-3-4-9(23)10(24)5-8/h3-7,14,17-18,22-27,29-30H,1-2H3/t7?,14-,17?,18-,22-/m0/s1. The van der Waals surface area contributed by atoms with Crippen LogP contribution in [0.3, 0.4) is 0 Å². The van der Waals surface area contributed by atoms with Gasteiger partial charge in [-0.1, -0.05) is 0 Å². The Hall–Kier alpha value is -3.71. The summed E-state index contributed by atoms with van der Waals surface area (Å²) in [5, 5.41) is 70.1. The third-order valence-corrected chi connectivity index (χ3v) is 5.53. The van der Waals surface area contributed by atoms with Crippen LogP contribution < -0.4 is 14.9 Å². The lowest BCUT2D eigenvalue weighted by molar-refractivity contribution is -0.268. The Bertz CT molecular complexity index is 1300. The molecule has 7 N–H and O–H groups in total. The van der Waals surface area contributed by atoms with Gasteiger partial charge in [0.2, 0.25) is 23.2 Å². The summed E-state index contributed by atoms with van der Waals surface area (Å²) in [6.07, 6.45) is -7.48. The Morgan fingerprint density at radius 3 is 2.24 bits per heavy atom. The SMILES string of the molecule is COc1c(O)cc2oc(-c3ccc(O)c(O)c3)c(O[C@@H]3OC(C)[C@H](O)C(O)[C@@H]3O)c(=O)c2c1O. The predicted molar refractivity (Wildman–Crippen MR) is 114 cm³/mol. The van der Waals surface area contributed by atoms with E-state index < -0.39 is 76.0 Å². The van der Waals surface area contributed by atoms with E-state index in [1.165, 1.54) is 13.0 Å². The minimum atomic E-state index is -1.77. The molecular weight excluding hydrogens is 456 g/mol. The zero-order chi connectivity index (χ0) is 24.9. The van der Waals surface area contributed by atoms with Gasteiger partial charge in [-0.05, 0) is 25.1 Å². The molecule has 182 valence electrons. The maximum Gasteiger partial charge on any atom is 0.239 e. The van der Waals surface area contributed by atoms with Crippen molar-refractivity contribution in [1.29, 1.82) is 0 Å². The molecule has 34 heavy (non-hydrogen) atoms. The first-order chi connectivity index (χ1) is 16.0. The number of phenolic OH excluding ortho intramolecular Hbond substituents is 4. The summed E-state index contributed by atoms with van der Waals surface area (Å²) in [5.74, 6) is -3.59. The quantitative estimate of drug-likeness (QED) is 0.257. The van der Waals surface area contributed by atoms with Gasteiger partial charge in [0.25, 0.3) is 0 Å². The molecule has 1 fully saturated rings. The molecule has 12 heteroatoms. The third-order valence-electron chi connectivity index (χ3n) is 5.53. The van der Waals surface area contributed by atoms with Crippen LogP contribution in [0.4, 0.5) is 0 Å². The maximum atomic E-state index is 13.4. The van der Waals surface area contributed by atoms with E-state index >= 15 is 0 Å². The highest BCUT2D eigenvalue weighted by atomic mass is 16.7. The largest absolute Gasteiger partial charge is 0.504 e. The zero-order valence-corrected chi connectivity index (χ0v) is 17.9. The number of benzene rings is 2. The van der Waals surface area contributed by atoms with Crippen LogP contribution >= 0.6 is 0 Å². The summed E-state index contributed by atoms with van der Waals surface area (Å²) in [4.78, 5) is 13.4. The smallest absolute Gasteiger partial charge is 0.239 e. The lowest BCUT2D eigenvalue weighted by Crippen LogP contribution is -2.58. The average Bonchev–Trinajstić information content (AvgIpc) is 2.79. The number of aromatic hydroxyl groups is 4. The highest BCUT2D eigenvalue weighted by Crippen LogP contribution is 2.44. The predicted octanol–water partition coefficient (Wildman–Crippen LogP) is 0.497. The number of aliphatic hydroxyl groups excluding tert-OH is 3. The van der Waals surface area contributed by atoms with Gasteiger partial charge in [-0.25, -0.2) is 0 Å². The van der Waals surface area contributed by atoms with Gasteiger partial charge in [-0.2, -0.15) is 0 Å². The molecule has 0 amide bonds. The first-order valence-corrected chi connectivity index (χ1v) is 10.0. The molecule has 0 aliphatic carbocycles. The summed E-state index contributed by atoms with van der Waals surface area (Å²) in [7, 11) is 1.16. The van der Waals surface area contributed by atoms with E-state index in [4.69, 9.17) is 18.6 Å². The first kappa shape index (κ1) is 23.4. The average molecular weight is 478 g/mol. The van der Waals surface area contributed by atoms with Crippen LogP contribution in [-0.4, -0.2) is 73.6 Å². The molecule has 3 aromatic rings. The molecule has 0 radical (unpaired) electrons. The summed E-state index contributed by atoms with van der Waals surface area (Å²) in [6.45, 7) is 1.41. The van der Waals surface area contributed by atoms with Gasteiger partial charge in [0.15, 0.2) is 28.8 Å². The van der Waals surface area contributed by atoms with Gasteiger partial charge in [0.05, 0.1) is 13.2 Å². The zero-order valence-electron chi connectivity index (χ0n) is 17.9. The van der Waals surface area contributed by atoms with Gasteiger partial charge in [-0.15, -0.1) is 0 Å². The van der Waals surface area contributed by atoms with Crippen LogP contribution in [0.1, 0.15) is 6.92 Å². The fourth-order valence-corrected chi connectivity index (χ4v) is 3.68. The highest BCUT2D eigenvalue weighted by Gasteiger charge is 2.44. The number of hydrogen-bond acceptors (Lipinski definition) is 12. The molecule has 12 nitrogen and oxygen atoms in total. The second-order valence-electron chi connectivity index (χ2n) is 7.74. The molecule has 2 unspecified atom stereocenters. The fourth-order valence-electron chi connectivity index (χ4n) is 3.68. The number of ether oxygens (including phenoxy) is 3. The van der Waals surface area contributed by atoms with Gasteiger partial charge in [0, 0.05) is 11.6 Å². The van der Waals surface area contributed by atoms with E-state index in [-0.39, 0.29) is 16.9 Å². The lowest BCUT2D eigenvalue weighted by Gasteiger charge is -2.38. The van der Waals surface area contributed by atoms with Crippen molar-refractivity contribution >= 4 is 11.0 Å². The van der Waals surface area contributed by atoms with Gasteiger partial charge >= 0.3 is 0 Å². The Kier molecular flexibility index (Phi) is 5.91. The van der Waals surface area contributed by atoms with Gasteiger partial charge in [0.1, 0.15) is 29.3 Å². The van der Waals surface area contributed by atoms with Gasteiger partial charge in [-0.3, -0.25) is 4.79 Å². The number of fused-ring (bicyclic) bond motifs is 1. The van der Waals surface area contributed by atoms with Crippen molar-refractivity contribution < 1.29 is 54.4 Å². The summed E-state index contributed by atoms with van der Waals surface area (Å²) >= 11 is 0. The number of rotatable bonds is 4. The van der Waals surface area contributed by atoms with Crippen LogP contribution in [-0.2, 0) is 4.74 Å². The van der Waals surface area contributed by atoms with Crippen molar-refractivity contribution in [3.8, 4) is 45.8 Å². The monoisotopic (exact) mass is 478 g/mol. The molecule has 1 aliphatic heterocycles. The normalized spacial score (nSPS) is 24.8. The Labute approximate surface area is 191 Å². The van der Waals surface area contributed by atoms with E-state index in [0.29, 0.717) is 0 Å². The molecule has 1 aromatic heterocycles. The molecule has 1 saturated heterocycles. The van der Waals surface area contributed by atoms with Crippen LogP contribution in [0.2, 0.25) is 0 Å². The molecule has 2 heterocycles. The first-order valence-electron chi connectivity index (χ1n) is 10.0. The summed E-state index contributed by atoms with van der Waals surface area (Å²) in [5.41, 5.74) is -1.20. The van der Waals surface area contributed by atoms with Crippen LogP contribution in [0.25, 0.3) is 22.3 Å². The number of methoxy groups -OCH3 is 1. The topological polar surface area (TPSA) is 200 Å². The number of aliphatic hydroxyl groups is 3. The number of phenols is 4. The van der Waals surface area contributed by atoms with Crippen molar-refractivity contribution in [2.45, 2.75) is 37.6 Å². The molecule has 5 atom stereocenters. The minimum absolute atomic E-state index is 0.0398. The second-order valence-corrected chi connectivity index (χ2v) is 7.74. The number of hydrogen-bond donors (Lipinski definition) is 7. The van der Waals surface area contributed by atoms with Crippen LogP contribution in [0.5, 0.6) is 34.5 Å². The van der Waals surface area contributed by atoms with E-state index in [2.05, 4.69) is 0 Å². The summed E-state index contributed by atoms with van der Waals surface area (Å²) in [6, 6.07) is 4.50. The minimum Gasteiger partial charge on any atom is -0.504 e. The highest BCUT2D eigenvalue weighted by molar-refractivity contribution is 5.91. The van der Waals surface area contributed by atoms with E-state index in [0.717, 1.165) is 25.3 Å². The fraction of sp³-hybridized carbons (Fsp3) is 0.318. The molecule has 0 spiro atoms. The molecule has 0 saturated carbocycles. The Morgan fingerprint density at radius 2 is 1.59 bits per heavy atom. The van der Waals surface area contributed by atoms with Crippen LogP contribution in [0, 0.1) is 0 Å². The molecular formula is C22H22O12. The van der Waals surface area contributed by atoms with Gasteiger partial charge < -0.3 is 54.4 Å². The summed E-state index contributed by atoms with van der Waals surface area (Å²) < 4.78 is 21.6. The molecule has 4 rings (SSSR count). The molecule has 2 aromatic carbocycles. The lowest BCUT2D eigenvalue weighted by atomic mass is 10.00. The maximum absolute atomic E-state index is 13.4. The van der Waals surface area contributed by atoms with Crippen molar-refractivity contribution in [3.63, 3.8) is 0 Å². The molecule has 1 aliphatic rings.